The number of thiophene rings is 1. The van der Waals surface area contributed by atoms with Gasteiger partial charge in [0.15, 0.2) is 0 Å². The summed E-state index contributed by atoms with van der Waals surface area (Å²) < 4.78 is 6.59. The van der Waals surface area contributed by atoms with Crippen LogP contribution in [0.15, 0.2) is 36.4 Å². The third-order valence-electron chi connectivity index (χ3n) is 4.37. The van der Waals surface area contributed by atoms with Crippen molar-refractivity contribution < 1.29 is 14.3 Å². The van der Waals surface area contributed by atoms with Gasteiger partial charge in [0.2, 0.25) is 11.8 Å². The molecule has 28 heavy (non-hydrogen) atoms. The third-order valence-corrected chi connectivity index (χ3v) is 5.59. The zero-order chi connectivity index (χ0) is 19.9. The van der Waals surface area contributed by atoms with Crippen LogP contribution in [0.25, 0.3) is 0 Å². The van der Waals surface area contributed by atoms with E-state index in [9.17, 15) is 9.59 Å². The van der Waals surface area contributed by atoms with Gasteiger partial charge in [-0.05, 0) is 29.8 Å². The van der Waals surface area contributed by atoms with Crippen LogP contribution in [0, 0.1) is 0 Å². The molecule has 1 unspecified atom stereocenters. The van der Waals surface area contributed by atoms with Gasteiger partial charge in [-0.2, -0.15) is 0 Å². The lowest BCUT2D eigenvalue weighted by molar-refractivity contribution is -0.121. The first-order valence-corrected chi connectivity index (χ1v) is 10.4. The van der Waals surface area contributed by atoms with E-state index < -0.39 is 0 Å². The molecular formula is C20H24ClN3O3S. The number of nitrogens with zero attached hydrogens (tertiary/aromatic N) is 1. The number of halogens is 1. The molecule has 2 N–H and O–H groups in total. The van der Waals surface area contributed by atoms with Crippen LogP contribution in [0.5, 0.6) is 0 Å². The molecule has 1 aromatic carbocycles. The standard InChI is InChI=1S/C20H24ClN3O3S/c1-14(25)23-16-4-2-3-15(9-16)10-20(26)22-11-17-12-24(7-8-27-17)13-18-5-6-19(21)28-18/h2-6,9,17H,7-8,10-13H2,1H3,(H,22,26)(H,23,25). The van der Waals surface area contributed by atoms with E-state index >= 15 is 0 Å². The quantitative estimate of drug-likeness (QED) is 0.721. The molecule has 2 heterocycles. The van der Waals surface area contributed by atoms with Gasteiger partial charge < -0.3 is 15.4 Å². The molecule has 2 amide bonds. The number of carbonyl (C=O) groups is 2. The van der Waals surface area contributed by atoms with Crippen molar-refractivity contribution in [2.45, 2.75) is 26.0 Å². The number of hydrogen-bond acceptors (Lipinski definition) is 5. The lowest BCUT2D eigenvalue weighted by Crippen LogP contribution is -2.47. The molecule has 3 rings (SSSR count). The van der Waals surface area contributed by atoms with Crippen molar-refractivity contribution >= 4 is 40.4 Å². The second-order valence-corrected chi connectivity index (χ2v) is 8.60. The molecule has 1 aliphatic heterocycles. The predicted octanol–water partition coefficient (Wildman–Crippen LogP) is 2.92. The fourth-order valence-electron chi connectivity index (χ4n) is 3.14. The van der Waals surface area contributed by atoms with Crippen molar-refractivity contribution in [1.29, 1.82) is 0 Å². The molecule has 0 saturated carbocycles. The Morgan fingerprint density at radius 2 is 2.18 bits per heavy atom. The molecule has 1 aliphatic rings. The fraction of sp³-hybridized carbons (Fsp3) is 0.400. The van der Waals surface area contributed by atoms with E-state index in [1.165, 1.54) is 11.8 Å². The first-order valence-electron chi connectivity index (χ1n) is 9.19. The number of carbonyl (C=O) groups excluding carboxylic acids is 2. The van der Waals surface area contributed by atoms with Crippen LogP contribution >= 0.6 is 22.9 Å². The van der Waals surface area contributed by atoms with Gasteiger partial charge in [-0.15, -0.1) is 11.3 Å². The number of hydrogen-bond donors (Lipinski definition) is 2. The maximum atomic E-state index is 12.3. The molecule has 2 aromatic rings. The predicted molar refractivity (Wildman–Crippen MR) is 112 cm³/mol. The Morgan fingerprint density at radius 1 is 1.32 bits per heavy atom. The lowest BCUT2D eigenvalue weighted by Gasteiger charge is -2.32. The average Bonchev–Trinajstić information content (AvgIpc) is 3.05. The van der Waals surface area contributed by atoms with E-state index in [-0.39, 0.29) is 24.3 Å². The van der Waals surface area contributed by atoms with Crippen LogP contribution in [0.1, 0.15) is 17.4 Å². The Balaban J connectivity index is 1.44. The Labute approximate surface area is 173 Å². The average molecular weight is 422 g/mol. The van der Waals surface area contributed by atoms with E-state index in [0.717, 1.165) is 29.5 Å². The van der Waals surface area contributed by atoms with Gasteiger partial charge in [-0.1, -0.05) is 23.7 Å². The van der Waals surface area contributed by atoms with Crippen molar-refractivity contribution in [2.24, 2.45) is 0 Å². The minimum atomic E-state index is -0.134. The van der Waals surface area contributed by atoms with Crippen molar-refractivity contribution in [3.8, 4) is 0 Å². The molecule has 150 valence electrons. The summed E-state index contributed by atoms with van der Waals surface area (Å²) in [6, 6.07) is 11.3. The number of amides is 2. The van der Waals surface area contributed by atoms with Gasteiger partial charge in [-0.3, -0.25) is 14.5 Å². The lowest BCUT2D eigenvalue weighted by atomic mass is 10.1. The zero-order valence-electron chi connectivity index (χ0n) is 15.7. The van der Waals surface area contributed by atoms with Crippen LogP contribution in [0.4, 0.5) is 5.69 Å². The highest BCUT2D eigenvalue weighted by Gasteiger charge is 2.21. The van der Waals surface area contributed by atoms with Gasteiger partial charge in [0, 0.05) is 43.7 Å². The normalized spacial score (nSPS) is 17.3. The Bertz CT molecular complexity index is 827. The molecule has 1 saturated heterocycles. The van der Waals surface area contributed by atoms with Crippen molar-refractivity contribution in [3.63, 3.8) is 0 Å². The minimum absolute atomic E-state index is 0.0288. The smallest absolute Gasteiger partial charge is 0.224 e. The molecule has 6 nitrogen and oxygen atoms in total. The van der Waals surface area contributed by atoms with Crippen LogP contribution in [-0.2, 0) is 27.3 Å². The summed E-state index contributed by atoms with van der Waals surface area (Å²) in [5.41, 5.74) is 1.54. The summed E-state index contributed by atoms with van der Waals surface area (Å²) in [7, 11) is 0. The summed E-state index contributed by atoms with van der Waals surface area (Å²) in [5.74, 6) is -0.198. The van der Waals surface area contributed by atoms with E-state index in [1.54, 1.807) is 17.4 Å². The van der Waals surface area contributed by atoms with Gasteiger partial charge in [0.1, 0.15) is 0 Å². The molecule has 1 atom stereocenters. The van der Waals surface area contributed by atoms with E-state index in [4.69, 9.17) is 16.3 Å². The van der Waals surface area contributed by atoms with Crippen molar-refractivity contribution in [1.82, 2.24) is 10.2 Å². The Kier molecular flexibility index (Phi) is 7.44. The van der Waals surface area contributed by atoms with E-state index in [1.807, 2.05) is 30.3 Å². The highest BCUT2D eigenvalue weighted by molar-refractivity contribution is 7.16. The maximum absolute atomic E-state index is 12.3. The largest absolute Gasteiger partial charge is 0.374 e. The molecule has 1 aromatic heterocycles. The van der Waals surface area contributed by atoms with E-state index in [2.05, 4.69) is 15.5 Å². The first-order chi connectivity index (χ1) is 13.5. The van der Waals surface area contributed by atoms with Crippen molar-refractivity contribution in [2.75, 3.05) is 31.6 Å². The molecule has 0 bridgehead atoms. The fourth-order valence-corrected chi connectivity index (χ4v) is 4.27. The Hall–Kier alpha value is -1.93. The van der Waals surface area contributed by atoms with Crippen LogP contribution in [0.2, 0.25) is 4.34 Å². The number of nitrogens with one attached hydrogen (secondary N) is 2. The van der Waals surface area contributed by atoms with Crippen LogP contribution in [0.3, 0.4) is 0 Å². The SMILES string of the molecule is CC(=O)Nc1cccc(CC(=O)NCC2CN(Cc3ccc(Cl)s3)CCO2)c1. The van der Waals surface area contributed by atoms with Gasteiger partial charge in [0.25, 0.3) is 0 Å². The third kappa shape index (κ3) is 6.60. The van der Waals surface area contributed by atoms with Crippen LogP contribution in [-0.4, -0.2) is 49.1 Å². The van der Waals surface area contributed by atoms with Crippen molar-refractivity contribution in [3.05, 3.63) is 51.2 Å². The Morgan fingerprint density at radius 3 is 2.93 bits per heavy atom. The van der Waals surface area contributed by atoms with Crippen LogP contribution < -0.4 is 10.6 Å². The molecule has 0 aliphatic carbocycles. The number of morpholine rings is 1. The van der Waals surface area contributed by atoms with Gasteiger partial charge in [0.05, 0.1) is 23.5 Å². The highest BCUT2D eigenvalue weighted by Crippen LogP contribution is 2.23. The highest BCUT2D eigenvalue weighted by atomic mass is 35.5. The zero-order valence-corrected chi connectivity index (χ0v) is 17.3. The molecule has 8 heteroatoms. The second kappa shape index (κ2) is 10.0. The maximum Gasteiger partial charge on any atom is 0.224 e. The monoisotopic (exact) mass is 421 g/mol. The number of benzene rings is 1. The number of anilines is 1. The topological polar surface area (TPSA) is 70.7 Å². The van der Waals surface area contributed by atoms with Gasteiger partial charge >= 0.3 is 0 Å². The molecule has 0 radical (unpaired) electrons. The second-order valence-electron chi connectivity index (χ2n) is 6.80. The molecule has 1 fully saturated rings. The van der Waals surface area contributed by atoms with E-state index in [0.29, 0.717) is 18.8 Å². The molecular weight excluding hydrogens is 398 g/mol. The number of rotatable bonds is 7. The summed E-state index contributed by atoms with van der Waals surface area (Å²) in [6.07, 6.45) is 0.233. The minimum Gasteiger partial charge on any atom is -0.374 e. The number of ether oxygens (including phenoxy) is 1. The summed E-state index contributed by atoms with van der Waals surface area (Å²) in [4.78, 5) is 27.0. The molecule has 0 spiro atoms. The summed E-state index contributed by atoms with van der Waals surface area (Å²) >= 11 is 7.59. The summed E-state index contributed by atoms with van der Waals surface area (Å²) in [6.45, 7) is 5.08. The summed E-state index contributed by atoms with van der Waals surface area (Å²) in [5, 5.41) is 5.68. The first kappa shape index (κ1) is 20.8. The van der Waals surface area contributed by atoms with Gasteiger partial charge in [-0.25, -0.2) is 0 Å².